The number of amides is 1. The van der Waals surface area contributed by atoms with Crippen molar-refractivity contribution in [3.63, 3.8) is 0 Å². The minimum absolute atomic E-state index is 0.168. The number of nitrogens with zero attached hydrogens (tertiary/aromatic N) is 3. The van der Waals surface area contributed by atoms with E-state index in [1.54, 1.807) is 42.1 Å². The Morgan fingerprint density at radius 1 is 1.47 bits per heavy atom. The maximum absolute atomic E-state index is 12.1. The van der Waals surface area contributed by atoms with Gasteiger partial charge in [0.05, 0.1) is 17.3 Å². The van der Waals surface area contributed by atoms with E-state index in [1.165, 1.54) is 0 Å². The number of anilines is 1. The van der Waals surface area contributed by atoms with Crippen molar-refractivity contribution in [2.75, 3.05) is 5.32 Å². The molecule has 5 heteroatoms. The van der Waals surface area contributed by atoms with E-state index in [4.69, 9.17) is 5.26 Å². The lowest BCUT2D eigenvalue weighted by Crippen LogP contribution is -2.24. The lowest BCUT2D eigenvalue weighted by atomic mass is 10.2. The van der Waals surface area contributed by atoms with Gasteiger partial charge in [0.25, 0.3) is 0 Å². The van der Waals surface area contributed by atoms with Crippen molar-refractivity contribution in [2.24, 2.45) is 0 Å². The normalized spacial score (nSPS) is 11.6. The molecule has 0 spiro atoms. The van der Waals surface area contributed by atoms with Gasteiger partial charge in [0, 0.05) is 11.9 Å². The molecule has 0 aliphatic heterocycles. The summed E-state index contributed by atoms with van der Waals surface area (Å²) in [4.78, 5) is 12.1. The summed E-state index contributed by atoms with van der Waals surface area (Å²) < 4.78 is 1.61. The molecule has 1 unspecified atom stereocenters. The Labute approximate surface area is 111 Å². The number of hydrogen-bond donors (Lipinski definition) is 1. The molecule has 5 nitrogen and oxygen atoms in total. The average Bonchev–Trinajstić information content (AvgIpc) is 2.84. The summed E-state index contributed by atoms with van der Waals surface area (Å²) in [6.07, 6.45) is 1.77. The van der Waals surface area contributed by atoms with Crippen LogP contribution in [0.3, 0.4) is 0 Å². The quantitative estimate of drug-likeness (QED) is 0.913. The number of hydrogen-bond acceptors (Lipinski definition) is 3. The van der Waals surface area contributed by atoms with Crippen LogP contribution in [0.4, 0.5) is 5.69 Å². The van der Waals surface area contributed by atoms with Crippen LogP contribution >= 0.6 is 0 Å². The van der Waals surface area contributed by atoms with Crippen LogP contribution in [0.15, 0.2) is 36.5 Å². The second kappa shape index (κ2) is 5.36. The number of carbonyl (C=O) groups excluding carboxylic acids is 1. The van der Waals surface area contributed by atoms with E-state index in [0.29, 0.717) is 11.3 Å². The fourth-order valence-corrected chi connectivity index (χ4v) is 1.68. The molecule has 0 saturated heterocycles. The largest absolute Gasteiger partial charge is 0.324 e. The molecule has 1 aromatic heterocycles. The Kier molecular flexibility index (Phi) is 3.62. The Hall–Kier alpha value is -2.61. The van der Waals surface area contributed by atoms with Crippen LogP contribution in [-0.4, -0.2) is 15.7 Å². The van der Waals surface area contributed by atoms with E-state index in [9.17, 15) is 4.79 Å². The molecule has 1 amide bonds. The minimum Gasteiger partial charge on any atom is -0.324 e. The molecule has 2 rings (SSSR count). The average molecular weight is 254 g/mol. The molecule has 96 valence electrons. The third kappa shape index (κ3) is 2.99. The molecule has 0 aliphatic carbocycles. The van der Waals surface area contributed by atoms with Crippen molar-refractivity contribution >= 4 is 11.6 Å². The van der Waals surface area contributed by atoms with Gasteiger partial charge in [0.15, 0.2) is 0 Å². The molecule has 1 aromatic carbocycles. The molecule has 19 heavy (non-hydrogen) atoms. The Balaban J connectivity index is 2.10. The maximum Gasteiger partial charge on any atom is 0.248 e. The van der Waals surface area contributed by atoms with Crippen molar-refractivity contribution in [3.8, 4) is 6.07 Å². The second-order valence-electron chi connectivity index (χ2n) is 4.29. The third-order valence-corrected chi connectivity index (χ3v) is 2.78. The summed E-state index contributed by atoms with van der Waals surface area (Å²) in [6, 6.07) is 10.3. The molecule has 0 radical (unpaired) electrons. The van der Waals surface area contributed by atoms with Crippen LogP contribution < -0.4 is 5.32 Å². The summed E-state index contributed by atoms with van der Waals surface area (Å²) in [5.41, 5.74) is 1.99. The fraction of sp³-hybridized carbons (Fsp3) is 0.214. The van der Waals surface area contributed by atoms with Crippen LogP contribution in [0.1, 0.15) is 24.2 Å². The lowest BCUT2D eigenvalue weighted by molar-refractivity contribution is -0.119. The van der Waals surface area contributed by atoms with E-state index >= 15 is 0 Å². The predicted octanol–water partition coefficient (Wildman–Crippen LogP) is 2.26. The molecular weight excluding hydrogens is 240 g/mol. The number of aromatic nitrogens is 2. The monoisotopic (exact) mass is 254 g/mol. The van der Waals surface area contributed by atoms with Gasteiger partial charge in [-0.3, -0.25) is 9.48 Å². The van der Waals surface area contributed by atoms with Crippen LogP contribution in [0.25, 0.3) is 0 Å². The standard InChI is InChI=1S/C14H14N4O/c1-10-6-7-18(17-10)11(2)14(19)16-13-5-3-4-12(8-13)9-15/h3-8,11H,1-2H3,(H,16,19). The SMILES string of the molecule is Cc1ccn(C(C)C(=O)Nc2cccc(C#N)c2)n1. The van der Waals surface area contributed by atoms with Gasteiger partial charge in [0.2, 0.25) is 5.91 Å². The topological polar surface area (TPSA) is 70.7 Å². The fourth-order valence-electron chi connectivity index (χ4n) is 1.68. The number of benzene rings is 1. The smallest absolute Gasteiger partial charge is 0.248 e. The summed E-state index contributed by atoms with van der Waals surface area (Å²) in [5.74, 6) is -0.168. The molecule has 0 saturated carbocycles. The van der Waals surface area contributed by atoms with Gasteiger partial charge in [-0.15, -0.1) is 0 Å². The van der Waals surface area contributed by atoms with Crippen molar-refractivity contribution in [3.05, 3.63) is 47.8 Å². The van der Waals surface area contributed by atoms with Gasteiger partial charge < -0.3 is 5.32 Å². The van der Waals surface area contributed by atoms with Crippen LogP contribution in [0.2, 0.25) is 0 Å². The lowest BCUT2D eigenvalue weighted by Gasteiger charge is -2.12. The van der Waals surface area contributed by atoms with Crippen LogP contribution in [0.5, 0.6) is 0 Å². The van der Waals surface area contributed by atoms with Gasteiger partial charge in [-0.05, 0) is 38.1 Å². The Morgan fingerprint density at radius 3 is 2.89 bits per heavy atom. The highest BCUT2D eigenvalue weighted by atomic mass is 16.2. The number of rotatable bonds is 3. The molecule has 0 fully saturated rings. The van der Waals surface area contributed by atoms with Crippen molar-refractivity contribution in [2.45, 2.75) is 19.9 Å². The van der Waals surface area contributed by atoms with Crippen LogP contribution in [0, 0.1) is 18.3 Å². The zero-order valence-corrected chi connectivity index (χ0v) is 10.8. The molecule has 0 bridgehead atoms. The summed E-state index contributed by atoms with van der Waals surface area (Å²) in [5, 5.41) is 15.8. The Bertz CT molecular complexity index is 639. The number of aryl methyl sites for hydroxylation is 1. The van der Waals surface area contributed by atoms with Gasteiger partial charge in [-0.25, -0.2) is 0 Å². The zero-order valence-electron chi connectivity index (χ0n) is 10.8. The Morgan fingerprint density at radius 2 is 2.26 bits per heavy atom. The van der Waals surface area contributed by atoms with Gasteiger partial charge in [-0.1, -0.05) is 6.07 Å². The van der Waals surface area contributed by atoms with E-state index in [-0.39, 0.29) is 5.91 Å². The summed E-state index contributed by atoms with van der Waals surface area (Å²) in [7, 11) is 0. The summed E-state index contributed by atoms with van der Waals surface area (Å²) >= 11 is 0. The van der Waals surface area contributed by atoms with Crippen molar-refractivity contribution in [1.82, 2.24) is 9.78 Å². The molecular formula is C14H14N4O. The summed E-state index contributed by atoms with van der Waals surface area (Å²) in [6.45, 7) is 3.65. The molecule has 1 heterocycles. The highest BCUT2D eigenvalue weighted by Crippen LogP contribution is 2.13. The molecule has 1 N–H and O–H groups in total. The highest BCUT2D eigenvalue weighted by Gasteiger charge is 2.15. The van der Waals surface area contributed by atoms with Gasteiger partial charge in [0.1, 0.15) is 6.04 Å². The third-order valence-electron chi connectivity index (χ3n) is 2.78. The molecule has 1 atom stereocenters. The minimum atomic E-state index is -0.403. The van der Waals surface area contributed by atoms with Crippen LogP contribution in [-0.2, 0) is 4.79 Å². The zero-order chi connectivity index (χ0) is 13.8. The highest BCUT2D eigenvalue weighted by molar-refractivity contribution is 5.93. The molecule has 0 aliphatic rings. The number of carbonyl (C=O) groups is 1. The van der Waals surface area contributed by atoms with E-state index in [1.807, 2.05) is 19.1 Å². The molecule has 2 aromatic rings. The van der Waals surface area contributed by atoms with Crippen molar-refractivity contribution < 1.29 is 4.79 Å². The number of nitriles is 1. The van der Waals surface area contributed by atoms with Gasteiger partial charge >= 0.3 is 0 Å². The maximum atomic E-state index is 12.1. The van der Waals surface area contributed by atoms with Crippen molar-refractivity contribution in [1.29, 1.82) is 5.26 Å². The number of nitrogens with one attached hydrogen (secondary N) is 1. The predicted molar refractivity (Wildman–Crippen MR) is 71.5 cm³/mol. The first-order chi connectivity index (χ1) is 9.10. The first kappa shape index (κ1) is 12.8. The second-order valence-corrected chi connectivity index (χ2v) is 4.29. The van der Waals surface area contributed by atoms with E-state index < -0.39 is 6.04 Å². The van der Waals surface area contributed by atoms with E-state index in [0.717, 1.165) is 5.69 Å². The first-order valence-corrected chi connectivity index (χ1v) is 5.93. The van der Waals surface area contributed by atoms with E-state index in [2.05, 4.69) is 10.4 Å². The van der Waals surface area contributed by atoms with Gasteiger partial charge in [-0.2, -0.15) is 10.4 Å². The first-order valence-electron chi connectivity index (χ1n) is 5.93.